The van der Waals surface area contributed by atoms with Crippen LogP contribution in [0.2, 0.25) is 10.0 Å². The van der Waals surface area contributed by atoms with Gasteiger partial charge in [0.1, 0.15) is 0 Å². The van der Waals surface area contributed by atoms with Crippen LogP contribution in [0.1, 0.15) is 0 Å². The molecule has 0 atom stereocenters. The Morgan fingerprint density at radius 3 is 1.73 bits per heavy atom. The molecule has 0 radical (unpaired) electrons. The number of hydrogen-bond acceptors (Lipinski definition) is 3. The zero-order valence-corrected chi connectivity index (χ0v) is 12.6. The Hall–Kier alpha value is -2.44. The fourth-order valence-electron chi connectivity index (χ4n) is 1.46. The Morgan fingerprint density at radius 1 is 0.773 bits per heavy atom. The number of benzene rings is 2. The van der Waals surface area contributed by atoms with Gasteiger partial charge in [-0.1, -0.05) is 23.2 Å². The number of nitrogens with one attached hydrogen (secondary N) is 3. The van der Waals surface area contributed by atoms with E-state index in [1.807, 2.05) is 5.48 Å². The normalized spacial score (nSPS) is 9.73. The molecule has 0 saturated heterocycles. The molecule has 114 valence electrons. The lowest BCUT2D eigenvalue weighted by Gasteiger charge is -2.08. The molecule has 0 spiro atoms. The second-order valence-electron chi connectivity index (χ2n) is 4.08. The van der Waals surface area contributed by atoms with Crippen molar-refractivity contribution in [1.29, 1.82) is 0 Å². The van der Waals surface area contributed by atoms with Crippen LogP contribution in [0.15, 0.2) is 48.5 Å². The summed E-state index contributed by atoms with van der Waals surface area (Å²) in [4.78, 5) is 27.6. The fourth-order valence-corrected chi connectivity index (χ4v) is 1.71. The predicted molar refractivity (Wildman–Crippen MR) is 85.2 cm³/mol. The van der Waals surface area contributed by atoms with Gasteiger partial charge < -0.3 is 10.2 Å². The van der Waals surface area contributed by atoms with E-state index in [-0.39, 0.29) is 0 Å². The van der Waals surface area contributed by atoms with Gasteiger partial charge in [0.05, 0.1) is 0 Å². The van der Waals surface area contributed by atoms with Crippen LogP contribution in [0.25, 0.3) is 0 Å². The van der Waals surface area contributed by atoms with Gasteiger partial charge in [-0.3, -0.25) is 5.32 Å². The molecule has 0 aromatic heterocycles. The lowest BCUT2D eigenvalue weighted by atomic mass is 10.3. The maximum Gasteiger partial charge on any atom is 0.436 e. The van der Waals surface area contributed by atoms with Crippen LogP contribution in [-0.4, -0.2) is 12.1 Å². The molecule has 3 N–H and O–H groups in total. The van der Waals surface area contributed by atoms with Crippen LogP contribution in [-0.2, 0) is 4.84 Å². The van der Waals surface area contributed by atoms with Crippen LogP contribution in [0, 0.1) is 0 Å². The van der Waals surface area contributed by atoms with Gasteiger partial charge in [0.2, 0.25) is 0 Å². The van der Waals surface area contributed by atoms with Crippen LogP contribution >= 0.6 is 23.2 Å². The summed E-state index contributed by atoms with van der Waals surface area (Å²) in [6.45, 7) is 0. The number of urea groups is 1. The van der Waals surface area contributed by atoms with Crippen molar-refractivity contribution in [3.05, 3.63) is 58.6 Å². The van der Waals surface area contributed by atoms with Crippen molar-refractivity contribution in [3.63, 3.8) is 0 Å². The topological polar surface area (TPSA) is 79.5 Å². The Bertz CT molecular complexity index is 601. The van der Waals surface area contributed by atoms with Crippen LogP contribution < -0.4 is 16.1 Å². The standard InChI is InChI=1S/C14H11Cl2N3O3/c15-9-1-5-11(6-2-9)17-13(20)19-22-14(21)18-12-7-3-10(16)4-8-12/h1-8H,(H,18,21)(H2,17,19,20). The Labute approximate surface area is 136 Å². The lowest BCUT2D eigenvalue weighted by Crippen LogP contribution is -2.33. The highest BCUT2D eigenvalue weighted by Crippen LogP contribution is 2.14. The molecule has 0 heterocycles. The van der Waals surface area contributed by atoms with Crippen molar-refractivity contribution >= 4 is 46.7 Å². The van der Waals surface area contributed by atoms with Gasteiger partial charge in [0.15, 0.2) is 0 Å². The number of rotatable bonds is 2. The summed E-state index contributed by atoms with van der Waals surface area (Å²) in [5.74, 6) is 0. The lowest BCUT2D eigenvalue weighted by molar-refractivity contribution is 0.117. The van der Waals surface area contributed by atoms with Gasteiger partial charge in [0.25, 0.3) is 0 Å². The maximum absolute atomic E-state index is 11.5. The average molecular weight is 340 g/mol. The number of carbonyl (C=O) groups is 2. The minimum Gasteiger partial charge on any atom is -0.320 e. The summed E-state index contributed by atoms with van der Waals surface area (Å²) >= 11 is 11.4. The highest BCUT2D eigenvalue weighted by molar-refractivity contribution is 6.30. The summed E-state index contributed by atoms with van der Waals surface area (Å²) in [5.41, 5.74) is 2.94. The number of halogens is 2. The van der Waals surface area contributed by atoms with Crippen molar-refractivity contribution in [1.82, 2.24) is 5.48 Å². The summed E-state index contributed by atoms with van der Waals surface area (Å²) in [6.07, 6.45) is -0.839. The largest absolute Gasteiger partial charge is 0.436 e. The van der Waals surface area contributed by atoms with Gasteiger partial charge in [-0.15, -0.1) is 0 Å². The van der Waals surface area contributed by atoms with Crippen LogP contribution in [0.5, 0.6) is 0 Å². The van der Waals surface area contributed by atoms with E-state index in [1.165, 1.54) is 0 Å². The summed E-state index contributed by atoms with van der Waals surface area (Å²) in [7, 11) is 0. The second-order valence-corrected chi connectivity index (χ2v) is 4.96. The summed E-state index contributed by atoms with van der Waals surface area (Å²) < 4.78 is 0. The van der Waals surface area contributed by atoms with Crippen molar-refractivity contribution in [2.45, 2.75) is 0 Å². The van der Waals surface area contributed by atoms with Gasteiger partial charge >= 0.3 is 12.1 Å². The van der Waals surface area contributed by atoms with E-state index >= 15 is 0 Å². The Kier molecular flexibility index (Phi) is 5.46. The Morgan fingerprint density at radius 2 is 1.23 bits per heavy atom. The van der Waals surface area contributed by atoms with E-state index in [0.29, 0.717) is 21.4 Å². The van der Waals surface area contributed by atoms with Gasteiger partial charge in [-0.05, 0) is 48.5 Å². The van der Waals surface area contributed by atoms with Gasteiger partial charge in [-0.2, -0.15) is 5.48 Å². The molecule has 0 aliphatic heterocycles. The molecule has 22 heavy (non-hydrogen) atoms. The van der Waals surface area contributed by atoms with E-state index in [0.717, 1.165) is 0 Å². The molecular weight excluding hydrogens is 329 g/mol. The third-order valence-electron chi connectivity index (χ3n) is 2.43. The first kappa shape index (κ1) is 15.9. The fraction of sp³-hybridized carbons (Fsp3) is 0. The highest BCUT2D eigenvalue weighted by atomic mass is 35.5. The SMILES string of the molecule is O=C(NOC(=O)Nc1ccc(Cl)cc1)Nc1ccc(Cl)cc1. The molecule has 2 aromatic carbocycles. The molecule has 3 amide bonds. The third-order valence-corrected chi connectivity index (χ3v) is 2.93. The maximum atomic E-state index is 11.5. The number of hydrogen-bond donors (Lipinski definition) is 3. The zero-order chi connectivity index (χ0) is 15.9. The van der Waals surface area contributed by atoms with E-state index in [2.05, 4.69) is 15.5 Å². The van der Waals surface area contributed by atoms with Gasteiger partial charge in [-0.25, -0.2) is 9.59 Å². The molecule has 8 heteroatoms. The first-order chi connectivity index (χ1) is 10.5. The Balaban J connectivity index is 1.76. The van der Waals surface area contributed by atoms with Crippen molar-refractivity contribution < 1.29 is 14.4 Å². The van der Waals surface area contributed by atoms with Crippen molar-refractivity contribution in [3.8, 4) is 0 Å². The molecular formula is C14H11Cl2N3O3. The quantitative estimate of drug-likeness (QED) is 0.714. The number of carbonyl (C=O) groups excluding carboxylic acids is 2. The molecule has 0 fully saturated rings. The predicted octanol–water partition coefficient (Wildman–Crippen LogP) is 4.28. The van der Waals surface area contributed by atoms with Crippen molar-refractivity contribution in [2.24, 2.45) is 0 Å². The molecule has 0 bridgehead atoms. The molecule has 2 rings (SSSR count). The number of hydroxylamine groups is 1. The van der Waals surface area contributed by atoms with E-state index in [9.17, 15) is 9.59 Å². The van der Waals surface area contributed by atoms with E-state index < -0.39 is 12.1 Å². The molecule has 0 saturated carbocycles. The molecule has 0 unspecified atom stereocenters. The monoisotopic (exact) mass is 339 g/mol. The van der Waals surface area contributed by atoms with E-state index in [4.69, 9.17) is 23.2 Å². The van der Waals surface area contributed by atoms with E-state index in [1.54, 1.807) is 48.5 Å². The minimum atomic E-state index is -0.839. The van der Waals surface area contributed by atoms with Gasteiger partial charge in [0, 0.05) is 21.4 Å². The average Bonchev–Trinajstić information content (AvgIpc) is 2.50. The smallest absolute Gasteiger partial charge is 0.320 e. The molecule has 0 aliphatic carbocycles. The van der Waals surface area contributed by atoms with Crippen LogP contribution in [0.3, 0.4) is 0 Å². The highest BCUT2D eigenvalue weighted by Gasteiger charge is 2.07. The zero-order valence-electron chi connectivity index (χ0n) is 11.1. The number of anilines is 2. The summed E-state index contributed by atoms with van der Waals surface area (Å²) in [6, 6.07) is 12.2. The molecule has 2 aromatic rings. The summed E-state index contributed by atoms with van der Waals surface area (Å²) in [5, 5.41) is 5.97. The number of amides is 3. The van der Waals surface area contributed by atoms with Crippen molar-refractivity contribution in [2.75, 3.05) is 10.6 Å². The molecule has 0 aliphatic rings. The first-order valence-corrected chi connectivity index (χ1v) is 6.84. The first-order valence-electron chi connectivity index (χ1n) is 6.09. The minimum absolute atomic E-state index is 0.481. The second kappa shape index (κ2) is 7.53. The van der Waals surface area contributed by atoms with Crippen LogP contribution in [0.4, 0.5) is 21.0 Å². The third kappa shape index (κ3) is 5.16. The molecule has 6 nitrogen and oxygen atoms in total.